The molecule has 1 heterocycles. The number of amides is 1. The molecule has 1 rings (SSSR count). The first-order valence-electron chi connectivity index (χ1n) is 8.95. The number of carboxylic acids is 1. The Morgan fingerprint density at radius 1 is 1.30 bits per heavy atom. The van der Waals surface area contributed by atoms with E-state index in [0.717, 1.165) is 13.0 Å². The van der Waals surface area contributed by atoms with Crippen molar-refractivity contribution in [1.82, 2.24) is 10.2 Å². The molecule has 23 heavy (non-hydrogen) atoms. The van der Waals surface area contributed by atoms with Gasteiger partial charge in [0.05, 0.1) is 5.41 Å². The molecule has 0 aromatic rings. The van der Waals surface area contributed by atoms with Crippen LogP contribution in [0.2, 0.25) is 0 Å². The largest absolute Gasteiger partial charge is 0.480 e. The lowest BCUT2D eigenvalue weighted by molar-refractivity contribution is -0.144. The first-order valence-corrected chi connectivity index (χ1v) is 8.95. The van der Waals surface area contributed by atoms with Crippen LogP contribution in [0.5, 0.6) is 0 Å². The summed E-state index contributed by atoms with van der Waals surface area (Å²) in [7, 11) is 0. The van der Waals surface area contributed by atoms with E-state index in [1.54, 1.807) is 0 Å². The molecule has 1 aliphatic heterocycles. The van der Waals surface area contributed by atoms with Gasteiger partial charge in [0, 0.05) is 12.6 Å². The summed E-state index contributed by atoms with van der Waals surface area (Å²) in [6.07, 6.45) is 5.19. The van der Waals surface area contributed by atoms with Crippen LogP contribution in [0.3, 0.4) is 0 Å². The van der Waals surface area contributed by atoms with Crippen molar-refractivity contribution < 1.29 is 14.7 Å². The summed E-state index contributed by atoms with van der Waals surface area (Å²) in [4.78, 5) is 26.4. The third kappa shape index (κ3) is 6.13. The summed E-state index contributed by atoms with van der Waals surface area (Å²) in [5.74, 6) is -0.885. The van der Waals surface area contributed by atoms with E-state index < -0.39 is 17.4 Å². The Balaban J connectivity index is 2.69. The van der Waals surface area contributed by atoms with E-state index in [1.807, 2.05) is 27.7 Å². The molecule has 2 unspecified atom stereocenters. The lowest BCUT2D eigenvalue weighted by Gasteiger charge is -2.40. The maximum absolute atomic E-state index is 12.6. The van der Waals surface area contributed by atoms with Crippen molar-refractivity contribution >= 4 is 11.9 Å². The van der Waals surface area contributed by atoms with Crippen molar-refractivity contribution in [3.05, 3.63) is 0 Å². The third-order valence-electron chi connectivity index (χ3n) is 4.74. The number of hydrogen-bond acceptors (Lipinski definition) is 3. The number of carbonyl (C=O) groups excluding carboxylic acids is 1. The smallest absolute Gasteiger partial charge is 0.326 e. The van der Waals surface area contributed by atoms with Crippen molar-refractivity contribution in [3.63, 3.8) is 0 Å². The molecule has 1 aliphatic rings. The molecule has 0 radical (unpaired) electrons. The van der Waals surface area contributed by atoms with Gasteiger partial charge in [-0.05, 0) is 52.0 Å². The van der Waals surface area contributed by atoms with Crippen LogP contribution in [0.4, 0.5) is 0 Å². The van der Waals surface area contributed by atoms with Crippen molar-refractivity contribution in [2.45, 2.75) is 78.8 Å². The van der Waals surface area contributed by atoms with E-state index in [1.165, 1.54) is 19.3 Å². The van der Waals surface area contributed by atoms with Crippen molar-refractivity contribution in [1.29, 1.82) is 0 Å². The van der Waals surface area contributed by atoms with Crippen LogP contribution >= 0.6 is 0 Å². The first-order chi connectivity index (χ1) is 10.7. The van der Waals surface area contributed by atoms with Gasteiger partial charge < -0.3 is 10.4 Å². The number of carbonyl (C=O) groups is 2. The summed E-state index contributed by atoms with van der Waals surface area (Å²) in [6.45, 7) is 11.7. The van der Waals surface area contributed by atoms with E-state index in [9.17, 15) is 14.7 Å². The zero-order valence-corrected chi connectivity index (χ0v) is 15.4. The zero-order chi connectivity index (χ0) is 17.6. The van der Waals surface area contributed by atoms with Gasteiger partial charge >= 0.3 is 5.97 Å². The van der Waals surface area contributed by atoms with Gasteiger partial charge in [0.2, 0.25) is 5.91 Å². The second-order valence-electron chi connectivity index (χ2n) is 7.91. The van der Waals surface area contributed by atoms with Crippen molar-refractivity contribution in [2.75, 3.05) is 13.1 Å². The molecule has 2 atom stereocenters. The molecule has 5 heteroatoms. The van der Waals surface area contributed by atoms with Crippen LogP contribution in [-0.2, 0) is 9.59 Å². The lowest BCUT2D eigenvalue weighted by Crippen LogP contribution is -2.52. The number of carboxylic acid groups (broad SMARTS) is 1. The van der Waals surface area contributed by atoms with Crippen LogP contribution in [0.1, 0.15) is 66.7 Å². The summed E-state index contributed by atoms with van der Waals surface area (Å²) in [5.41, 5.74) is -0.588. The Morgan fingerprint density at radius 3 is 2.48 bits per heavy atom. The number of nitrogens with zero attached hydrogens (tertiary/aromatic N) is 1. The molecule has 0 saturated carbocycles. The van der Waals surface area contributed by atoms with E-state index in [-0.39, 0.29) is 11.8 Å². The fourth-order valence-corrected chi connectivity index (χ4v) is 3.36. The second-order valence-corrected chi connectivity index (χ2v) is 7.91. The van der Waals surface area contributed by atoms with E-state index in [2.05, 4.69) is 17.1 Å². The Kier molecular flexibility index (Phi) is 7.52. The Hall–Kier alpha value is -1.10. The minimum atomic E-state index is -0.952. The van der Waals surface area contributed by atoms with Gasteiger partial charge in [-0.1, -0.05) is 27.2 Å². The highest BCUT2D eigenvalue weighted by Gasteiger charge is 2.35. The maximum atomic E-state index is 12.6. The van der Waals surface area contributed by atoms with E-state index in [4.69, 9.17) is 0 Å². The highest BCUT2D eigenvalue weighted by atomic mass is 16.4. The molecule has 0 aromatic carbocycles. The molecule has 0 aromatic heterocycles. The minimum absolute atomic E-state index is 0.161. The molecule has 1 fully saturated rings. The van der Waals surface area contributed by atoms with Gasteiger partial charge in [0.15, 0.2) is 0 Å². The predicted molar refractivity (Wildman–Crippen MR) is 92.3 cm³/mol. The van der Waals surface area contributed by atoms with Gasteiger partial charge in [-0.15, -0.1) is 0 Å². The Morgan fingerprint density at radius 2 is 1.96 bits per heavy atom. The van der Waals surface area contributed by atoms with Crippen molar-refractivity contribution in [2.24, 2.45) is 11.3 Å². The predicted octanol–water partition coefficient (Wildman–Crippen LogP) is 2.89. The van der Waals surface area contributed by atoms with Gasteiger partial charge in [-0.25, -0.2) is 4.79 Å². The highest BCUT2D eigenvalue weighted by molar-refractivity contribution is 5.87. The standard InChI is InChI=1S/C18H34N2O3/c1-6-14-9-7-8-10-20(14)12-18(4,5)17(23)19-15(16(21)22)11-13(2)3/h13-15H,6-12H2,1-5H3,(H,19,23)(H,21,22). The fraction of sp³-hybridized carbons (Fsp3) is 0.889. The molecule has 0 spiro atoms. The average molecular weight is 326 g/mol. The summed E-state index contributed by atoms with van der Waals surface area (Å²) < 4.78 is 0. The number of likely N-dealkylation sites (tertiary alicyclic amines) is 1. The molecular weight excluding hydrogens is 292 g/mol. The number of nitrogens with one attached hydrogen (secondary N) is 1. The lowest BCUT2D eigenvalue weighted by atomic mass is 9.88. The number of aliphatic carboxylic acids is 1. The molecular formula is C18H34N2O3. The molecule has 1 amide bonds. The number of hydrogen-bond donors (Lipinski definition) is 2. The molecule has 0 bridgehead atoms. The van der Waals surface area contributed by atoms with Crippen LogP contribution in [0.15, 0.2) is 0 Å². The topological polar surface area (TPSA) is 69.6 Å². The van der Waals surface area contributed by atoms with Gasteiger partial charge in [-0.3, -0.25) is 9.69 Å². The maximum Gasteiger partial charge on any atom is 0.326 e. The Bertz CT molecular complexity index is 407. The van der Waals surface area contributed by atoms with Crippen LogP contribution in [0.25, 0.3) is 0 Å². The summed E-state index contributed by atoms with van der Waals surface area (Å²) >= 11 is 0. The second kappa shape index (κ2) is 8.67. The molecule has 5 nitrogen and oxygen atoms in total. The van der Waals surface area contributed by atoms with Crippen LogP contribution < -0.4 is 5.32 Å². The highest BCUT2D eigenvalue weighted by Crippen LogP contribution is 2.25. The number of rotatable bonds is 8. The quantitative estimate of drug-likeness (QED) is 0.719. The monoisotopic (exact) mass is 326 g/mol. The molecule has 2 N–H and O–H groups in total. The first kappa shape index (κ1) is 19.9. The third-order valence-corrected chi connectivity index (χ3v) is 4.74. The molecule has 1 saturated heterocycles. The Labute approximate surface area is 140 Å². The molecule has 134 valence electrons. The SMILES string of the molecule is CCC1CCCCN1CC(C)(C)C(=O)NC(CC(C)C)C(=O)O. The van der Waals surface area contributed by atoms with E-state index >= 15 is 0 Å². The van der Waals surface area contributed by atoms with Gasteiger partial charge in [-0.2, -0.15) is 0 Å². The van der Waals surface area contributed by atoms with Crippen molar-refractivity contribution in [3.8, 4) is 0 Å². The van der Waals surface area contributed by atoms with Crippen LogP contribution in [0, 0.1) is 11.3 Å². The average Bonchev–Trinajstić information content (AvgIpc) is 2.46. The van der Waals surface area contributed by atoms with Gasteiger partial charge in [0.1, 0.15) is 6.04 Å². The zero-order valence-electron chi connectivity index (χ0n) is 15.4. The molecule has 0 aliphatic carbocycles. The normalized spacial score (nSPS) is 21.2. The fourth-order valence-electron chi connectivity index (χ4n) is 3.36. The summed E-state index contributed by atoms with van der Waals surface area (Å²) in [6, 6.07) is -0.258. The van der Waals surface area contributed by atoms with Gasteiger partial charge in [0.25, 0.3) is 0 Å². The summed E-state index contributed by atoms with van der Waals surface area (Å²) in [5, 5.41) is 12.1. The minimum Gasteiger partial charge on any atom is -0.480 e. The number of piperidine rings is 1. The van der Waals surface area contributed by atoms with E-state index in [0.29, 0.717) is 19.0 Å². The van der Waals surface area contributed by atoms with Crippen LogP contribution in [-0.4, -0.2) is 47.1 Å².